The molecule has 4 aliphatic carbocycles. The zero-order valence-corrected chi connectivity index (χ0v) is 75.6. The fraction of sp³-hybridized carbons (Fsp3) is 0.495. The number of amides is 12. The number of nitrogens with one attached hydrogen (secondary N) is 10. The largest absolute Gasteiger partial charge is 0.508 e. The Morgan fingerprint density at radius 3 is 1.90 bits per heavy atom. The van der Waals surface area contributed by atoms with Gasteiger partial charge in [-0.1, -0.05) is 43.6 Å². The molecule has 18 N–H and O–H groups in total. The number of morpholine rings is 1. The fourth-order valence-electron chi connectivity index (χ4n) is 18.4. The molecule has 6 aromatic carbocycles. The summed E-state index contributed by atoms with van der Waals surface area (Å²) in [4.78, 5) is 171. The Kier molecular flexibility index (Phi) is 29.2. The van der Waals surface area contributed by atoms with Crippen LogP contribution in [0.2, 0.25) is 5.02 Å². The molecule has 39 nitrogen and oxygen atoms in total. The number of likely N-dealkylation sites (N-methyl/N-ethyl adjacent to an activating group) is 1. The molecule has 0 aromatic heterocycles. The van der Waals surface area contributed by atoms with E-state index in [9.17, 15) is 60.0 Å². The number of nitrogens with zero attached hydrogens (tertiary/aromatic N) is 2. The third-order valence-electron chi connectivity index (χ3n) is 24.8. The van der Waals surface area contributed by atoms with Crippen LogP contribution in [0.25, 0.3) is 11.1 Å². The number of alkyl carbamates (subject to hydrolysis) is 1. The van der Waals surface area contributed by atoms with E-state index >= 15 is 33.6 Å². The van der Waals surface area contributed by atoms with Gasteiger partial charge in [-0.25, -0.2) is 14.4 Å². The molecule has 2 saturated heterocycles. The number of imide groups is 1. The smallest absolute Gasteiger partial charge is 0.410 e. The summed E-state index contributed by atoms with van der Waals surface area (Å²) < 4.78 is 48.8. The van der Waals surface area contributed by atoms with Crippen LogP contribution in [0.3, 0.4) is 0 Å². The van der Waals surface area contributed by atoms with Crippen molar-refractivity contribution in [3.63, 3.8) is 0 Å². The maximum atomic E-state index is 16.7. The third-order valence-corrected chi connectivity index (χ3v) is 25.1. The molecular formula is C93H113ClN12O27. The quantitative estimate of drug-likeness (QED) is 0.0460. The van der Waals surface area contributed by atoms with Gasteiger partial charge >= 0.3 is 18.2 Å². The summed E-state index contributed by atoms with van der Waals surface area (Å²) in [5.74, 6) is -13.8. The standard InChI is InChI=1S/C93H113ClN12O27/c1-42(2)27-59(105(10)91(125)133-93(7,8)9)82(117)103-73-75(111)47-12-19-62(43(3)28-47)128-64-36-51-37-65(80(64)131-88-79(115)78(114)77(113)66(130-88)41-95-90(124)132-92(4,5)6)129-63-20-13-48(35-57(63)94)76(112)74-87(122)102-72(85(120)99-69-49-30-44-29-45(32-49)33-50(69)31-44)56-38-53(107)39-61(109)68(56)55-34-46(11-18-60(55)108)70(83(118)104-74)101-84(119)71(51)100-81(116)58(97-86(73)121)40-67(110)98-89(123)96-52-14-16-54(17-15-52)127-26-23-106-21-24-126-25-22-106/h11-20,28,34-39,42,44-45,49-50,58-59,66,69-79,88,107-109,111-115H,21-27,29-33,40-41H2,1-10H3,(H,95,124)(H,97,121)(H,99,120)(H,100,116)(H,101,119)(H,102,122)(H,103,117)(H,104,118)(H2,96,98,110,123)/t44?,45?,49?,50?,58-,59+,66+,69?,70+,71?,72-,73+,74-,75+,76+,77+,78-,79+,88-/m0/s1. The number of urea groups is 1. The molecular weight excluding hydrogens is 1750 g/mol. The number of aryl methyl sites for hydroxylation is 1. The van der Waals surface area contributed by atoms with E-state index in [2.05, 4.69) is 58.1 Å². The topological polar surface area (TPSA) is 550 Å². The normalized spacial score (nSPS) is 26.6. The number of benzene rings is 6. The van der Waals surface area contributed by atoms with E-state index in [1.54, 1.807) is 67.5 Å². The van der Waals surface area contributed by atoms with E-state index in [0.29, 0.717) is 44.0 Å². The van der Waals surface area contributed by atoms with Gasteiger partial charge in [0.1, 0.15) is 131 Å². The molecule has 17 rings (SSSR count). The van der Waals surface area contributed by atoms with Crippen LogP contribution in [0.5, 0.6) is 51.7 Å². The Morgan fingerprint density at radius 1 is 0.632 bits per heavy atom. The van der Waals surface area contributed by atoms with Crippen LogP contribution in [0.1, 0.15) is 164 Å². The van der Waals surface area contributed by atoms with Crippen molar-refractivity contribution in [1.29, 1.82) is 0 Å². The van der Waals surface area contributed by atoms with Crippen molar-refractivity contribution in [1.82, 2.24) is 57.7 Å². The molecule has 0 spiro atoms. The second-order valence-electron chi connectivity index (χ2n) is 37.5. The number of hydrogen-bond acceptors (Lipinski definition) is 28. The molecule has 714 valence electrons. The van der Waals surface area contributed by atoms with E-state index < -0.39 is 226 Å². The number of carbonyl (C=O) groups excluding carboxylic acids is 11. The van der Waals surface area contributed by atoms with E-state index in [1.165, 1.54) is 56.4 Å². The monoisotopic (exact) mass is 1860 g/mol. The maximum Gasteiger partial charge on any atom is 0.410 e. The number of aliphatic hydroxyl groups excluding tert-OH is 5. The highest BCUT2D eigenvalue weighted by Gasteiger charge is 2.52. The molecule has 0 radical (unpaired) electrons. The summed E-state index contributed by atoms with van der Waals surface area (Å²) in [5, 5.41) is 122. The Labute approximate surface area is 770 Å². The van der Waals surface area contributed by atoms with Gasteiger partial charge < -0.3 is 127 Å². The predicted octanol–water partition coefficient (Wildman–Crippen LogP) is 6.13. The van der Waals surface area contributed by atoms with Crippen molar-refractivity contribution in [3.05, 3.63) is 142 Å². The summed E-state index contributed by atoms with van der Waals surface area (Å²) in [6.07, 6.45) is -13.5. The lowest BCUT2D eigenvalue weighted by Gasteiger charge is -2.54. The van der Waals surface area contributed by atoms with Crippen LogP contribution in [0.4, 0.5) is 20.1 Å². The van der Waals surface area contributed by atoms with Crippen molar-refractivity contribution < 1.29 is 131 Å². The minimum Gasteiger partial charge on any atom is -0.508 e. The zero-order valence-electron chi connectivity index (χ0n) is 74.9. The summed E-state index contributed by atoms with van der Waals surface area (Å²) >= 11 is 7.27. The van der Waals surface area contributed by atoms with Gasteiger partial charge in [0.2, 0.25) is 59.3 Å². The van der Waals surface area contributed by atoms with Crippen molar-refractivity contribution in [2.75, 3.05) is 58.4 Å². The SMILES string of the molecule is Cc1cc2ccc1Oc1cc3cc(c1O[C@@H]1O[C@H](CNC(=O)OC(C)(C)C)[C@@H](O)[C@H](O)[C@H]1O)Oc1ccc(cc1Cl)[C@@H](O)[C@@H]1NC(=O)[C@H](NC(=O)C3NC(=O)[C@H](CC(=O)NC(=O)Nc3ccc(OCCN4CCOCC4)cc3)NC(=O)[C@H](NC(=O)[C@@H](CC(C)C)N(C)C(=O)OC(C)(C)C)[C@@H]2O)c2ccc(O)c(c2)-c2c(O)cc(O)cc2[C@@H](C(=O)NC2C3CC4CC(C3)CC2C4)NC1=O. The summed E-state index contributed by atoms with van der Waals surface area (Å²) in [6.45, 7) is 17.4. The van der Waals surface area contributed by atoms with Crippen LogP contribution >= 0.6 is 11.6 Å². The number of rotatable bonds is 18. The summed E-state index contributed by atoms with van der Waals surface area (Å²) in [7, 11) is 1.27. The van der Waals surface area contributed by atoms with Crippen LogP contribution in [-0.2, 0) is 57.3 Å². The first-order valence-corrected chi connectivity index (χ1v) is 44.6. The molecule has 4 saturated carbocycles. The second kappa shape index (κ2) is 40.2. The number of phenolic OH excluding ortho intramolecular Hbond substituents is 3. The number of phenols is 3. The van der Waals surface area contributed by atoms with E-state index in [4.69, 9.17) is 49.5 Å². The lowest BCUT2D eigenvalue weighted by Crippen LogP contribution is -2.61. The average Bonchev–Trinajstić information content (AvgIpc) is 0.754. The molecule has 6 aromatic rings. The number of aromatic hydroxyl groups is 3. The Hall–Kier alpha value is -12.3. The van der Waals surface area contributed by atoms with Gasteiger partial charge in [0, 0.05) is 62.1 Å². The lowest BCUT2D eigenvalue weighted by atomic mass is 9.54. The van der Waals surface area contributed by atoms with Crippen LogP contribution < -0.4 is 72.1 Å². The van der Waals surface area contributed by atoms with Crippen molar-refractivity contribution in [2.24, 2.45) is 29.6 Å². The number of anilines is 1. The first-order valence-electron chi connectivity index (χ1n) is 44.2. The Morgan fingerprint density at radius 2 is 1.26 bits per heavy atom. The summed E-state index contributed by atoms with van der Waals surface area (Å²) in [6, 6.07) is 4.21. The van der Waals surface area contributed by atoms with Crippen LogP contribution in [0, 0.1) is 36.5 Å². The van der Waals surface area contributed by atoms with Gasteiger partial charge in [-0.3, -0.25) is 53.5 Å². The van der Waals surface area contributed by atoms with Gasteiger partial charge in [0.15, 0.2) is 11.5 Å². The fourth-order valence-corrected chi connectivity index (χ4v) is 18.7. The highest BCUT2D eigenvalue weighted by molar-refractivity contribution is 6.32. The first kappa shape index (κ1) is 96.7. The van der Waals surface area contributed by atoms with E-state index in [1.807, 2.05) is 0 Å². The Bertz CT molecular complexity index is 5400. The average molecular weight is 1870 g/mol. The molecule has 133 heavy (non-hydrogen) atoms. The van der Waals surface area contributed by atoms with Crippen molar-refractivity contribution >= 4 is 82.8 Å². The van der Waals surface area contributed by atoms with Gasteiger partial charge in [-0.05, 0) is 229 Å². The molecule has 15 bridgehead atoms. The van der Waals surface area contributed by atoms with Gasteiger partial charge in [-0.15, -0.1) is 0 Å². The molecule has 11 aliphatic rings. The number of carbonyl (C=O) groups is 11. The van der Waals surface area contributed by atoms with E-state index in [0.717, 1.165) is 98.6 Å². The minimum atomic E-state index is -2.44. The highest BCUT2D eigenvalue weighted by atomic mass is 35.5. The molecule has 6 fully saturated rings. The molecule has 40 heteroatoms. The molecule has 7 aliphatic heterocycles. The zero-order chi connectivity index (χ0) is 95.7. The predicted molar refractivity (Wildman–Crippen MR) is 473 cm³/mol. The van der Waals surface area contributed by atoms with Crippen molar-refractivity contribution in [3.8, 4) is 62.9 Å². The van der Waals surface area contributed by atoms with Gasteiger partial charge in [0.05, 0.1) is 24.7 Å². The number of halogens is 1. The molecule has 1 unspecified atom stereocenters. The number of ether oxygens (including phenoxy) is 8. The van der Waals surface area contributed by atoms with Crippen LogP contribution in [-0.4, -0.2) is 241 Å². The lowest BCUT2D eigenvalue weighted by molar-refractivity contribution is -0.270. The maximum absolute atomic E-state index is 16.7. The van der Waals surface area contributed by atoms with E-state index in [-0.39, 0.29) is 80.3 Å². The third kappa shape index (κ3) is 22.8. The first-order chi connectivity index (χ1) is 63.0. The number of hydrogen-bond donors (Lipinski definition) is 18. The second-order valence-corrected chi connectivity index (χ2v) is 37.9. The Balaban J connectivity index is 0.927. The molecule has 7 heterocycles. The molecule has 14 atom stereocenters. The summed E-state index contributed by atoms with van der Waals surface area (Å²) in [5.41, 5.74) is -4.19. The van der Waals surface area contributed by atoms with Gasteiger partial charge in [-0.2, -0.15) is 0 Å². The highest BCUT2D eigenvalue weighted by Crippen LogP contribution is 2.55. The molecule has 12 amide bonds. The van der Waals surface area contributed by atoms with Crippen LogP contribution in [0.15, 0.2) is 103 Å². The van der Waals surface area contributed by atoms with Gasteiger partial charge in [0.25, 0.3) is 0 Å². The number of aliphatic hydroxyl groups is 5. The minimum absolute atomic E-state index is 0.0452. The van der Waals surface area contributed by atoms with Crippen molar-refractivity contribution in [2.45, 2.75) is 210 Å². The number of fused-ring (bicyclic) bond motifs is 15.